The number of nitrogens with one attached hydrogen (secondary N) is 1. The molecule has 0 spiro atoms. The van der Waals surface area contributed by atoms with Gasteiger partial charge in [-0.2, -0.15) is 0 Å². The summed E-state index contributed by atoms with van der Waals surface area (Å²) in [6.07, 6.45) is 4.28. The molecule has 1 aromatic rings. The van der Waals surface area contributed by atoms with E-state index in [1.165, 1.54) is 12.1 Å². The molecule has 1 fully saturated rings. The minimum absolute atomic E-state index is 0.0168. The number of hydrogen-bond acceptors (Lipinski definition) is 2. The molecule has 1 aliphatic carbocycles. The van der Waals surface area contributed by atoms with E-state index < -0.39 is 0 Å². The largest absolute Gasteiger partial charge is 0.339 e. The molecule has 3 nitrogen and oxygen atoms in total. The van der Waals surface area contributed by atoms with Crippen LogP contribution in [0.3, 0.4) is 0 Å². The summed E-state index contributed by atoms with van der Waals surface area (Å²) in [5.41, 5.74) is 0.558. The molecule has 1 amide bonds. The standard InChI is InChI=1S/C16H23FN2O/c1-3-18-14-8-10-15(11-9-14)19(2)16(20)12-4-6-13(17)7-5-12/h4-7,14-15,18H,3,8-11H2,1-2H3. The van der Waals surface area contributed by atoms with Gasteiger partial charge in [-0.3, -0.25) is 4.79 Å². The van der Waals surface area contributed by atoms with Gasteiger partial charge in [-0.15, -0.1) is 0 Å². The zero-order chi connectivity index (χ0) is 14.5. The Morgan fingerprint density at radius 2 is 1.85 bits per heavy atom. The predicted octanol–water partition coefficient (Wildman–Crippen LogP) is 2.82. The van der Waals surface area contributed by atoms with Gasteiger partial charge in [0.05, 0.1) is 0 Å². The quantitative estimate of drug-likeness (QED) is 0.918. The summed E-state index contributed by atoms with van der Waals surface area (Å²) in [4.78, 5) is 14.2. The van der Waals surface area contributed by atoms with E-state index in [9.17, 15) is 9.18 Å². The molecule has 0 unspecified atom stereocenters. The van der Waals surface area contributed by atoms with Crippen LogP contribution in [0.1, 0.15) is 43.0 Å². The minimum Gasteiger partial charge on any atom is -0.339 e. The molecule has 1 N–H and O–H groups in total. The van der Waals surface area contributed by atoms with Gasteiger partial charge in [0, 0.05) is 24.7 Å². The molecule has 0 radical (unpaired) electrons. The van der Waals surface area contributed by atoms with Crippen molar-refractivity contribution in [2.75, 3.05) is 13.6 Å². The summed E-state index contributed by atoms with van der Waals surface area (Å²) in [5.74, 6) is -0.327. The molecule has 1 saturated carbocycles. The van der Waals surface area contributed by atoms with Gasteiger partial charge in [0.25, 0.3) is 5.91 Å². The maximum atomic E-state index is 12.9. The second-order valence-corrected chi connectivity index (χ2v) is 5.49. The fourth-order valence-corrected chi connectivity index (χ4v) is 2.92. The molecule has 0 aromatic heterocycles. The molecule has 2 rings (SSSR count). The first kappa shape index (κ1) is 15.0. The topological polar surface area (TPSA) is 32.3 Å². The SMILES string of the molecule is CCNC1CCC(N(C)C(=O)c2ccc(F)cc2)CC1. The Morgan fingerprint density at radius 3 is 2.40 bits per heavy atom. The molecule has 1 aromatic carbocycles. The van der Waals surface area contributed by atoms with E-state index >= 15 is 0 Å². The van der Waals surface area contributed by atoms with Crippen LogP contribution in [0.15, 0.2) is 24.3 Å². The number of halogens is 1. The van der Waals surface area contributed by atoms with Gasteiger partial charge in [0.1, 0.15) is 5.82 Å². The first-order chi connectivity index (χ1) is 9.61. The molecular weight excluding hydrogens is 255 g/mol. The summed E-state index contributed by atoms with van der Waals surface area (Å²) in [5, 5.41) is 3.47. The van der Waals surface area contributed by atoms with Crippen molar-refractivity contribution in [3.63, 3.8) is 0 Å². The van der Waals surface area contributed by atoms with Gasteiger partial charge in [0.15, 0.2) is 0 Å². The third-order valence-electron chi connectivity index (χ3n) is 4.15. The van der Waals surface area contributed by atoms with Crippen molar-refractivity contribution in [1.29, 1.82) is 0 Å². The number of carbonyl (C=O) groups is 1. The Morgan fingerprint density at radius 1 is 1.25 bits per heavy atom. The summed E-state index contributed by atoms with van der Waals surface area (Å²) < 4.78 is 12.9. The fourth-order valence-electron chi connectivity index (χ4n) is 2.92. The molecule has 0 saturated heterocycles. The molecule has 4 heteroatoms. The number of rotatable bonds is 4. The molecular formula is C16H23FN2O. The lowest BCUT2D eigenvalue weighted by molar-refractivity contribution is 0.0684. The van der Waals surface area contributed by atoms with Crippen LogP contribution in [0.25, 0.3) is 0 Å². The number of carbonyl (C=O) groups excluding carboxylic acids is 1. The summed E-state index contributed by atoms with van der Waals surface area (Å²) in [7, 11) is 1.85. The Kier molecular flexibility index (Phi) is 5.12. The summed E-state index contributed by atoms with van der Waals surface area (Å²) in [6.45, 7) is 3.12. The highest BCUT2D eigenvalue weighted by atomic mass is 19.1. The van der Waals surface area contributed by atoms with E-state index in [2.05, 4.69) is 12.2 Å². The van der Waals surface area contributed by atoms with Crippen molar-refractivity contribution in [2.45, 2.75) is 44.7 Å². The molecule has 0 bridgehead atoms. The van der Waals surface area contributed by atoms with Gasteiger partial charge >= 0.3 is 0 Å². The number of benzene rings is 1. The Balaban J connectivity index is 1.93. The van der Waals surface area contributed by atoms with Crippen LogP contribution < -0.4 is 5.32 Å². The van der Waals surface area contributed by atoms with Crippen LogP contribution in [-0.2, 0) is 0 Å². The van der Waals surface area contributed by atoms with Gasteiger partial charge in [0.2, 0.25) is 0 Å². The highest BCUT2D eigenvalue weighted by Gasteiger charge is 2.26. The fraction of sp³-hybridized carbons (Fsp3) is 0.562. The van der Waals surface area contributed by atoms with Gasteiger partial charge in [-0.1, -0.05) is 6.92 Å². The van der Waals surface area contributed by atoms with Crippen molar-refractivity contribution in [3.8, 4) is 0 Å². The normalized spacial score (nSPS) is 22.6. The van der Waals surface area contributed by atoms with E-state index in [-0.39, 0.29) is 11.7 Å². The first-order valence-corrected chi connectivity index (χ1v) is 7.38. The van der Waals surface area contributed by atoms with Crippen LogP contribution in [0.2, 0.25) is 0 Å². The van der Waals surface area contributed by atoms with E-state index in [0.29, 0.717) is 17.6 Å². The molecule has 20 heavy (non-hydrogen) atoms. The Hall–Kier alpha value is -1.42. The zero-order valence-corrected chi connectivity index (χ0v) is 12.2. The lowest BCUT2D eigenvalue weighted by Gasteiger charge is -2.35. The third kappa shape index (κ3) is 3.57. The van der Waals surface area contributed by atoms with Crippen LogP contribution >= 0.6 is 0 Å². The minimum atomic E-state index is -0.310. The van der Waals surface area contributed by atoms with Gasteiger partial charge in [-0.25, -0.2) is 4.39 Å². The average Bonchev–Trinajstić information content (AvgIpc) is 2.48. The van der Waals surface area contributed by atoms with Crippen LogP contribution in [-0.4, -0.2) is 36.5 Å². The first-order valence-electron chi connectivity index (χ1n) is 7.38. The lowest BCUT2D eigenvalue weighted by Crippen LogP contribution is -2.43. The molecule has 0 aliphatic heterocycles. The number of amides is 1. The summed E-state index contributed by atoms with van der Waals surface area (Å²) in [6, 6.07) is 6.66. The zero-order valence-electron chi connectivity index (χ0n) is 12.2. The second-order valence-electron chi connectivity index (χ2n) is 5.49. The van der Waals surface area contributed by atoms with E-state index in [1.807, 2.05) is 11.9 Å². The highest BCUT2D eigenvalue weighted by molar-refractivity contribution is 5.94. The van der Waals surface area contributed by atoms with Crippen molar-refractivity contribution < 1.29 is 9.18 Å². The molecule has 0 atom stereocenters. The monoisotopic (exact) mass is 278 g/mol. The van der Waals surface area contributed by atoms with Crippen LogP contribution in [0.4, 0.5) is 4.39 Å². The lowest BCUT2D eigenvalue weighted by atomic mass is 9.90. The van der Waals surface area contributed by atoms with Gasteiger partial charge < -0.3 is 10.2 Å². The maximum absolute atomic E-state index is 12.9. The maximum Gasteiger partial charge on any atom is 0.253 e. The van der Waals surface area contributed by atoms with Gasteiger partial charge in [-0.05, 0) is 56.5 Å². The van der Waals surface area contributed by atoms with E-state index in [0.717, 1.165) is 32.2 Å². The third-order valence-corrected chi connectivity index (χ3v) is 4.15. The number of hydrogen-bond donors (Lipinski definition) is 1. The van der Waals surface area contributed by atoms with Crippen molar-refractivity contribution in [1.82, 2.24) is 10.2 Å². The van der Waals surface area contributed by atoms with E-state index in [1.54, 1.807) is 12.1 Å². The predicted molar refractivity (Wildman–Crippen MR) is 78.2 cm³/mol. The van der Waals surface area contributed by atoms with Crippen molar-refractivity contribution in [2.24, 2.45) is 0 Å². The Bertz CT molecular complexity index is 438. The van der Waals surface area contributed by atoms with Crippen molar-refractivity contribution >= 4 is 5.91 Å². The Labute approximate surface area is 120 Å². The smallest absolute Gasteiger partial charge is 0.253 e. The van der Waals surface area contributed by atoms with Crippen LogP contribution in [0, 0.1) is 5.82 Å². The molecule has 110 valence electrons. The van der Waals surface area contributed by atoms with Crippen LogP contribution in [0.5, 0.6) is 0 Å². The second kappa shape index (κ2) is 6.84. The average molecular weight is 278 g/mol. The number of nitrogens with zero attached hydrogens (tertiary/aromatic N) is 1. The highest BCUT2D eigenvalue weighted by Crippen LogP contribution is 2.23. The molecule has 1 aliphatic rings. The van der Waals surface area contributed by atoms with Crippen molar-refractivity contribution in [3.05, 3.63) is 35.6 Å². The summed E-state index contributed by atoms with van der Waals surface area (Å²) >= 11 is 0. The molecule has 0 heterocycles. The van der Waals surface area contributed by atoms with E-state index in [4.69, 9.17) is 0 Å².